The van der Waals surface area contributed by atoms with Crippen molar-refractivity contribution in [3.8, 4) is 0 Å². The van der Waals surface area contributed by atoms with Gasteiger partial charge in [-0.05, 0) is 65.7 Å². The van der Waals surface area contributed by atoms with Gasteiger partial charge >= 0.3 is 0 Å². The van der Waals surface area contributed by atoms with Gasteiger partial charge in [-0.2, -0.15) is 0 Å². The Morgan fingerprint density at radius 2 is 1.89 bits per heavy atom. The van der Waals surface area contributed by atoms with Crippen molar-refractivity contribution in [2.75, 3.05) is 68.4 Å². The van der Waals surface area contributed by atoms with Crippen LogP contribution in [-0.4, -0.2) is 84.6 Å². The molecule has 0 spiro atoms. The second-order valence-corrected chi connectivity index (χ2v) is 10.4. The number of aromatic nitrogens is 2. The predicted octanol–water partition coefficient (Wildman–Crippen LogP) is 5.60. The van der Waals surface area contributed by atoms with Crippen molar-refractivity contribution in [3.63, 3.8) is 0 Å². The minimum atomic E-state index is -0.131. The summed E-state index contributed by atoms with van der Waals surface area (Å²) in [5.41, 5.74) is 2.64. The molecular formula is C29H48ClN7O. The number of anilines is 3. The van der Waals surface area contributed by atoms with E-state index in [4.69, 9.17) is 11.6 Å². The van der Waals surface area contributed by atoms with Gasteiger partial charge in [-0.3, -0.25) is 14.6 Å². The summed E-state index contributed by atoms with van der Waals surface area (Å²) in [6.45, 7) is 21.0. The fraction of sp³-hybridized carbons (Fsp3) is 0.621. The highest BCUT2D eigenvalue weighted by Crippen LogP contribution is 2.29. The molecule has 0 aliphatic carbocycles. The van der Waals surface area contributed by atoms with Crippen LogP contribution in [-0.2, 0) is 4.79 Å². The number of hydrogen-bond acceptors (Lipinski definition) is 7. The smallest absolute Gasteiger partial charge is 0.244 e. The van der Waals surface area contributed by atoms with Gasteiger partial charge in [0.15, 0.2) is 22.6 Å². The lowest BCUT2D eigenvalue weighted by Crippen LogP contribution is -2.44. The summed E-state index contributed by atoms with van der Waals surface area (Å²) >= 11 is 6.48. The molecule has 2 rings (SSSR count). The predicted molar refractivity (Wildman–Crippen MR) is 162 cm³/mol. The number of fused-ring (bicyclic) bond motifs is 1. The van der Waals surface area contributed by atoms with Crippen LogP contribution in [0.5, 0.6) is 0 Å². The fourth-order valence-electron chi connectivity index (χ4n) is 4.73. The van der Waals surface area contributed by atoms with Gasteiger partial charge in [-0.1, -0.05) is 68.3 Å². The van der Waals surface area contributed by atoms with Crippen molar-refractivity contribution in [1.29, 1.82) is 0 Å². The van der Waals surface area contributed by atoms with Crippen LogP contribution in [0.2, 0.25) is 5.15 Å². The number of amides is 1. The van der Waals surface area contributed by atoms with Crippen molar-refractivity contribution in [1.82, 2.24) is 19.8 Å². The summed E-state index contributed by atoms with van der Waals surface area (Å²) in [7, 11) is 1.99. The van der Waals surface area contributed by atoms with Crippen LogP contribution in [0.1, 0.15) is 60.3 Å². The molecule has 1 aromatic heterocycles. The summed E-state index contributed by atoms with van der Waals surface area (Å²) in [4.78, 5) is 28.0. The number of allylic oxidation sites excluding steroid dienone is 4. The van der Waals surface area contributed by atoms with Crippen molar-refractivity contribution < 1.29 is 4.79 Å². The van der Waals surface area contributed by atoms with Crippen LogP contribution in [0, 0.1) is 0 Å². The summed E-state index contributed by atoms with van der Waals surface area (Å²) in [6.07, 6.45) is 10.7. The molecule has 1 aromatic rings. The lowest BCUT2D eigenvalue weighted by atomic mass is 10.1. The molecule has 0 saturated heterocycles. The molecule has 2 N–H and O–H groups in total. The second-order valence-electron chi connectivity index (χ2n) is 10.1. The first-order valence-corrected chi connectivity index (χ1v) is 14.3. The minimum Gasteiger partial charge on any atom is -0.358 e. The summed E-state index contributed by atoms with van der Waals surface area (Å²) in [5.74, 6) is 1.39. The SMILES string of the molecule is C=C/C(C)=C\C/C=C(\C)CN(CCC)CCCN(CC)C(CC)CN(C)c1nc2c(nc1Cl)NCC(=O)N2. The van der Waals surface area contributed by atoms with Crippen LogP contribution in [0.25, 0.3) is 0 Å². The van der Waals surface area contributed by atoms with E-state index in [9.17, 15) is 4.79 Å². The van der Waals surface area contributed by atoms with E-state index < -0.39 is 0 Å². The third-order valence-corrected chi connectivity index (χ3v) is 7.16. The first-order valence-electron chi connectivity index (χ1n) is 14.0. The van der Waals surface area contributed by atoms with E-state index >= 15 is 0 Å². The molecule has 2 heterocycles. The van der Waals surface area contributed by atoms with E-state index in [1.54, 1.807) is 0 Å². The Morgan fingerprint density at radius 3 is 2.55 bits per heavy atom. The third-order valence-electron chi connectivity index (χ3n) is 6.91. The van der Waals surface area contributed by atoms with E-state index in [0.29, 0.717) is 28.6 Å². The molecule has 0 fully saturated rings. The van der Waals surface area contributed by atoms with Crippen LogP contribution in [0.3, 0.4) is 0 Å². The third kappa shape index (κ3) is 10.0. The molecule has 38 heavy (non-hydrogen) atoms. The van der Waals surface area contributed by atoms with Crippen LogP contribution < -0.4 is 15.5 Å². The highest BCUT2D eigenvalue weighted by Gasteiger charge is 2.24. The highest BCUT2D eigenvalue weighted by molar-refractivity contribution is 6.32. The Bertz CT molecular complexity index is 978. The Labute approximate surface area is 235 Å². The van der Waals surface area contributed by atoms with Gasteiger partial charge in [0.25, 0.3) is 0 Å². The molecule has 212 valence electrons. The van der Waals surface area contributed by atoms with Crippen LogP contribution in [0.15, 0.2) is 36.0 Å². The van der Waals surface area contributed by atoms with Crippen molar-refractivity contribution in [2.45, 2.75) is 66.3 Å². The van der Waals surface area contributed by atoms with Crippen molar-refractivity contribution in [2.24, 2.45) is 0 Å². The fourth-order valence-corrected chi connectivity index (χ4v) is 5.01. The molecule has 0 radical (unpaired) electrons. The lowest BCUT2D eigenvalue weighted by molar-refractivity contribution is -0.114. The number of carbonyl (C=O) groups is 1. The Morgan fingerprint density at radius 1 is 1.13 bits per heavy atom. The molecule has 9 heteroatoms. The van der Waals surface area contributed by atoms with E-state index in [1.807, 2.05) is 18.0 Å². The molecule has 1 aliphatic heterocycles. The average molecular weight is 546 g/mol. The minimum absolute atomic E-state index is 0.131. The van der Waals surface area contributed by atoms with E-state index in [-0.39, 0.29) is 12.5 Å². The maximum atomic E-state index is 11.8. The number of likely N-dealkylation sites (N-methyl/N-ethyl adjacent to an activating group) is 2. The zero-order valence-corrected chi connectivity index (χ0v) is 25.1. The van der Waals surface area contributed by atoms with Gasteiger partial charge in [0, 0.05) is 26.2 Å². The molecule has 1 amide bonds. The number of rotatable bonds is 17. The van der Waals surface area contributed by atoms with Crippen molar-refractivity contribution in [3.05, 3.63) is 41.1 Å². The van der Waals surface area contributed by atoms with Crippen LogP contribution >= 0.6 is 11.6 Å². The monoisotopic (exact) mass is 545 g/mol. The Hall–Kier alpha value is -2.42. The Kier molecular flexibility index (Phi) is 13.8. The first-order chi connectivity index (χ1) is 18.2. The molecule has 1 atom stereocenters. The topological polar surface area (TPSA) is 76.6 Å². The van der Waals surface area contributed by atoms with Crippen LogP contribution in [0.4, 0.5) is 17.5 Å². The summed E-state index contributed by atoms with van der Waals surface area (Å²) in [6, 6.07) is 0.354. The van der Waals surface area contributed by atoms with Gasteiger partial charge in [0.2, 0.25) is 5.91 Å². The normalized spacial score (nSPS) is 14.8. The maximum Gasteiger partial charge on any atom is 0.244 e. The number of carbonyl (C=O) groups excluding carboxylic acids is 1. The summed E-state index contributed by atoms with van der Waals surface area (Å²) in [5, 5.41) is 6.07. The number of nitrogens with one attached hydrogen (secondary N) is 2. The van der Waals surface area contributed by atoms with Gasteiger partial charge in [-0.25, -0.2) is 9.97 Å². The van der Waals surface area contributed by atoms with E-state index in [1.165, 1.54) is 11.1 Å². The van der Waals surface area contributed by atoms with Gasteiger partial charge in [0.1, 0.15) is 0 Å². The van der Waals surface area contributed by atoms with E-state index in [2.05, 4.69) is 83.8 Å². The molecule has 0 aromatic carbocycles. The highest BCUT2D eigenvalue weighted by atomic mass is 35.5. The lowest BCUT2D eigenvalue weighted by Gasteiger charge is -2.34. The zero-order chi connectivity index (χ0) is 28.1. The first kappa shape index (κ1) is 31.8. The molecular weight excluding hydrogens is 498 g/mol. The standard InChI is InChI=1S/C29H48ClN7O/c1-8-16-36(20-23(6)15-12-14-22(5)9-2)17-13-18-37(11-4)24(10-3)21-35(7)29-26(30)33-27-28(34-29)32-25(38)19-31-27/h9,14-15,24H,2,8,10-13,16-21H2,1,3-7H3,(H,31,33)(H,32,34,38)/b22-14-,23-15+. The molecule has 0 bridgehead atoms. The summed E-state index contributed by atoms with van der Waals surface area (Å²) < 4.78 is 0. The van der Waals surface area contributed by atoms with Gasteiger partial charge in [0.05, 0.1) is 6.54 Å². The van der Waals surface area contributed by atoms with Crippen molar-refractivity contribution >= 4 is 35.0 Å². The molecule has 0 saturated carbocycles. The van der Waals surface area contributed by atoms with E-state index in [0.717, 1.165) is 65.0 Å². The largest absolute Gasteiger partial charge is 0.358 e. The Balaban J connectivity index is 1.96. The molecule has 1 unspecified atom stereocenters. The molecule has 1 aliphatic rings. The zero-order valence-electron chi connectivity index (χ0n) is 24.3. The number of hydrogen-bond donors (Lipinski definition) is 2. The quantitative estimate of drug-likeness (QED) is 0.195. The number of halogens is 1. The molecule has 8 nitrogen and oxygen atoms in total. The number of nitrogens with zero attached hydrogens (tertiary/aromatic N) is 5. The maximum absolute atomic E-state index is 11.8. The average Bonchev–Trinajstić information content (AvgIpc) is 2.89. The van der Waals surface area contributed by atoms with Gasteiger partial charge < -0.3 is 15.5 Å². The second kappa shape index (κ2) is 16.5. The van der Waals surface area contributed by atoms with Gasteiger partial charge in [-0.15, -0.1) is 0 Å².